The molecule has 0 aromatic heterocycles. The van der Waals surface area contributed by atoms with Gasteiger partial charge in [-0.2, -0.15) is 0 Å². The number of rotatable bonds is 4. The fourth-order valence-corrected chi connectivity index (χ4v) is 2.41. The number of carbonyl (C=O) groups excluding carboxylic acids is 1. The smallest absolute Gasteiger partial charge is 0.257 e. The van der Waals surface area contributed by atoms with E-state index in [1.165, 1.54) is 13.2 Å². The third-order valence-electron chi connectivity index (χ3n) is 3.67. The number of amides is 1. The number of hydrogen-bond acceptors (Lipinski definition) is 3. The maximum atomic E-state index is 13.1. The molecule has 0 bridgehead atoms. The minimum atomic E-state index is -0.955. The number of benzene rings is 2. The second-order valence-corrected chi connectivity index (χ2v) is 5.23. The Hall–Kier alpha value is -2.63. The number of para-hydroxylation sites is 1. The average molecular weight is 319 g/mol. The second kappa shape index (κ2) is 6.24. The Labute approximate surface area is 132 Å². The van der Waals surface area contributed by atoms with Gasteiger partial charge in [-0.05, 0) is 24.3 Å². The van der Waals surface area contributed by atoms with Crippen molar-refractivity contribution in [2.45, 2.75) is 6.10 Å². The van der Waals surface area contributed by atoms with Gasteiger partial charge < -0.3 is 14.4 Å². The molecule has 1 aliphatic rings. The summed E-state index contributed by atoms with van der Waals surface area (Å²) in [5, 5.41) is 0. The molecule has 1 heterocycles. The van der Waals surface area contributed by atoms with Crippen molar-refractivity contribution in [3.05, 3.63) is 59.7 Å². The van der Waals surface area contributed by atoms with Crippen LogP contribution in [0.4, 0.5) is 8.78 Å². The van der Waals surface area contributed by atoms with E-state index in [-0.39, 0.29) is 17.8 Å². The van der Waals surface area contributed by atoms with Crippen molar-refractivity contribution in [2.24, 2.45) is 0 Å². The zero-order valence-electron chi connectivity index (χ0n) is 12.5. The van der Waals surface area contributed by atoms with Gasteiger partial charge in [-0.15, -0.1) is 0 Å². The van der Waals surface area contributed by atoms with Gasteiger partial charge in [0.2, 0.25) is 0 Å². The highest BCUT2D eigenvalue weighted by Gasteiger charge is 2.34. The summed E-state index contributed by atoms with van der Waals surface area (Å²) in [7, 11) is 1.51. The molecule has 0 radical (unpaired) electrons. The van der Waals surface area contributed by atoms with Crippen molar-refractivity contribution in [1.82, 2.24) is 4.90 Å². The summed E-state index contributed by atoms with van der Waals surface area (Å²) < 4.78 is 36.7. The van der Waals surface area contributed by atoms with Crippen LogP contribution >= 0.6 is 0 Å². The van der Waals surface area contributed by atoms with E-state index < -0.39 is 11.6 Å². The van der Waals surface area contributed by atoms with Crippen LogP contribution in [-0.2, 0) is 0 Å². The summed E-state index contributed by atoms with van der Waals surface area (Å²) in [5.74, 6) is -1.25. The minimum Gasteiger partial charge on any atom is -0.496 e. The summed E-state index contributed by atoms with van der Waals surface area (Å²) in [6, 6.07) is 10.4. The van der Waals surface area contributed by atoms with Gasteiger partial charge in [0.1, 0.15) is 17.6 Å². The van der Waals surface area contributed by atoms with E-state index in [9.17, 15) is 13.6 Å². The molecule has 4 nitrogen and oxygen atoms in total. The summed E-state index contributed by atoms with van der Waals surface area (Å²) in [4.78, 5) is 14.0. The highest BCUT2D eigenvalue weighted by Crippen LogP contribution is 2.24. The largest absolute Gasteiger partial charge is 0.496 e. The molecular formula is C17H15F2NO3. The SMILES string of the molecule is COc1ccccc1C(=O)N1CC(Oc2ccc(F)c(F)c2)C1. The lowest BCUT2D eigenvalue weighted by Crippen LogP contribution is -2.56. The number of ether oxygens (including phenoxy) is 2. The number of nitrogens with zero attached hydrogens (tertiary/aromatic N) is 1. The van der Waals surface area contributed by atoms with E-state index in [1.54, 1.807) is 29.2 Å². The molecular weight excluding hydrogens is 304 g/mol. The molecule has 0 spiro atoms. The molecule has 2 aromatic rings. The fraction of sp³-hybridized carbons (Fsp3) is 0.235. The van der Waals surface area contributed by atoms with Crippen LogP contribution in [0.5, 0.6) is 11.5 Å². The molecule has 2 aromatic carbocycles. The van der Waals surface area contributed by atoms with E-state index >= 15 is 0 Å². The van der Waals surface area contributed by atoms with Gasteiger partial charge in [0.25, 0.3) is 5.91 Å². The molecule has 0 saturated carbocycles. The summed E-state index contributed by atoms with van der Waals surface area (Å²) in [6.45, 7) is 0.770. The van der Waals surface area contributed by atoms with Crippen LogP contribution in [0.2, 0.25) is 0 Å². The monoisotopic (exact) mass is 319 g/mol. The molecule has 1 fully saturated rings. The number of carbonyl (C=O) groups is 1. The van der Waals surface area contributed by atoms with Gasteiger partial charge in [0, 0.05) is 6.07 Å². The summed E-state index contributed by atoms with van der Waals surface area (Å²) in [5.41, 5.74) is 0.487. The highest BCUT2D eigenvalue weighted by atomic mass is 19.2. The quantitative estimate of drug-likeness (QED) is 0.870. The van der Waals surface area contributed by atoms with Crippen LogP contribution in [0.15, 0.2) is 42.5 Å². The third-order valence-corrected chi connectivity index (χ3v) is 3.67. The van der Waals surface area contributed by atoms with Crippen molar-refractivity contribution in [3.63, 3.8) is 0 Å². The molecule has 0 N–H and O–H groups in total. The molecule has 3 rings (SSSR count). The van der Waals surface area contributed by atoms with E-state index in [2.05, 4.69) is 0 Å². The third kappa shape index (κ3) is 3.11. The van der Waals surface area contributed by atoms with Crippen molar-refractivity contribution < 1.29 is 23.0 Å². The first-order valence-corrected chi connectivity index (χ1v) is 7.12. The van der Waals surface area contributed by atoms with Crippen molar-refractivity contribution in [3.8, 4) is 11.5 Å². The zero-order chi connectivity index (χ0) is 16.4. The number of halogens is 2. The highest BCUT2D eigenvalue weighted by molar-refractivity contribution is 5.97. The van der Waals surface area contributed by atoms with Crippen LogP contribution < -0.4 is 9.47 Å². The van der Waals surface area contributed by atoms with Gasteiger partial charge >= 0.3 is 0 Å². The van der Waals surface area contributed by atoms with E-state index in [1.807, 2.05) is 0 Å². The van der Waals surface area contributed by atoms with Gasteiger partial charge in [0.15, 0.2) is 11.6 Å². The van der Waals surface area contributed by atoms with Crippen LogP contribution in [0, 0.1) is 11.6 Å². The molecule has 1 saturated heterocycles. The topological polar surface area (TPSA) is 38.8 Å². The minimum absolute atomic E-state index is 0.146. The predicted molar refractivity (Wildman–Crippen MR) is 79.7 cm³/mol. The van der Waals surface area contributed by atoms with Crippen LogP contribution in [0.1, 0.15) is 10.4 Å². The second-order valence-electron chi connectivity index (χ2n) is 5.23. The molecule has 1 aliphatic heterocycles. The van der Waals surface area contributed by atoms with Crippen molar-refractivity contribution >= 4 is 5.91 Å². The number of methoxy groups -OCH3 is 1. The lowest BCUT2D eigenvalue weighted by Gasteiger charge is -2.39. The fourth-order valence-electron chi connectivity index (χ4n) is 2.41. The van der Waals surface area contributed by atoms with Gasteiger partial charge in [0.05, 0.1) is 25.8 Å². The maximum Gasteiger partial charge on any atom is 0.257 e. The van der Waals surface area contributed by atoms with Crippen LogP contribution in [-0.4, -0.2) is 37.1 Å². The molecule has 1 amide bonds. The van der Waals surface area contributed by atoms with E-state index in [0.717, 1.165) is 12.1 Å². The van der Waals surface area contributed by atoms with Crippen LogP contribution in [0.3, 0.4) is 0 Å². The normalized spacial score (nSPS) is 14.3. The lowest BCUT2D eigenvalue weighted by molar-refractivity contribution is 0.0174. The Morgan fingerprint density at radius 3 is 2.57 bits per heavy atom. The molecule has 0 aliphatic carbocycles. The van der Waals surface area contributed by atoms with Crippen molar-refractivity contribution in [1.29, 1.82) is 0 Å². The standard InChI is InChI=1S/C17H15F2NO3/c1-22-16-5-3-2-4-13(16)17(21)20-9-12(10-20)23-11-6-7-14(18)15(19)8-11/h2-8,12H,9-10H2,1H3. The molecule has 6 heteroatoms. The summed E-state index contributed by atoms with van der Waals surface area (Å²) in [6.07, 6.45) is -0.237. The Morgan fingerprint density at radius 1 is 1.13 bits per heavy atom. The first-order valence-electron chi connectivity index (χ1n) is 7.12. The molecule has 23 heavy (non-hydrogen) atoms. The Balaban J connectivity index is 1.60. The molecule has 0 atom stereocenters. The first kappa shape index (κ1) is 15.3. The predicted octanol–water partition coefficient (Wildman–Crippen LogP) is 2.88. The Bertz CT molecular complexity index is 730. The Kier molecular flexibility index (Phi) is 4.14. The molecule has 120 valence electrons. The van der Waals surface area contributed by atoms with Crippen LogP contribution in [0.25, 0.3) is 0 Å². The maximum absolute atomic E-state index is 13.1. The summed E-state index contributed by atoms with van der Waals surface area (Å²) >= 11 is 0. The van der Waals surface area contributed by atoms with E-state index in [4.69, 9.17) is 9.47 Å². The number of hydrogen-bond donors (Lipinski definition) is 0. The van der Waals surface area contributed by atoms with Gasteiger partial charge in [-0.25, -0.2) is 8.78 Å². The van der Waals surface area contributed by atoms with Gasteiger partial charge in [-0.3, -0.25) is 4.79 Å². The zero-order valence-corrected chi connectivity index (χ0v) is 12.5. The molecule has 0 unspecified atom stereocenters. The Morgan fingerprint density at radius 2 is 1.87 bits per heavy atom. The number of likely N-dealkylation sites (tertiary alicyclic amines) is 1. The lowest BCUT2D eigenvalue weighted by atomic mass is 10.1. The van der Waals surface area contributed by atoms with Gasteiger partial charge in [-0.1, -0.05) is 12.1 Å². The van der Waals surface area contributed by atoms with E-state index in [0.29, 0.717) is 24.4 Å². The first-order chi connectivity index (χ1) is 11.1. The van der Waals surface area contributed by atoms with Crippen molar-refractivity contribution in [2.75, 3.05) is 20.2 Å². The average Bonchev–Trinajstić information content (AvgIpc) is 2.53.